The summed E-state index contributed by atoms with van der Waals surface area (Å²) in [5.41, 5.74) is 14.8. The SMILES string of the molecule is CC(C)c1cc(C(C)C)c(-c2ccc(-c3cc(C(C)(C)C)cc4oc(-c5ccc6ccccc6c5N=Cc5cc(C(C)(C)C)ccc5O)nc34)cc2)c(C(C)C)c1. The quantitative estimate of drug-likeness (QED) is 0.157. The van der Waals surface area contributed by atoms with Crippen LogP contribution >= 0.6 is 0 Å². The van der Waals surface area contributed by atoms with Gasteiger partial charge in [-0.1, -0.05) is 156 Å². The second kappa shape index (κ2) is 15.1. The smallest absolute Gasteiger partial charge is 0.229 e. The van der Waals surface area contributed by atoms with E-state index >= 15 is 0 Å². The van der Waals surface area contributed by atoms with Crippen LogP contribution in [0.15, 0.2) is 113 Å². The number of aliphatic imine (C=N–C) groups is 1. The largest absolute Gasteiger partial charge is 0.507 e. The molecule has 0 unspecified atom stereocenters. The maximum atomic E-state index is 10.9. The maximum absolute atomic E-state index is 10.9. The van der Waals surface area contributed by atoms with E-state index in [1.807, 2.05) is 30.3 Å². The predicted octanol–water partition coefficient (Wildman–Crippen LogP) is 15.4. The number of benzene rings is 6. The lowest BCUT2D eigenvalue weighted by Gasteiger charge is -2.23. The third-order valence-electron chi connectivity index (χ3n) is 11.3. The molecule has 4 heteroatoms. The van der Waals surface area contributed by atoms with E-state index in [1.54, 1.807) is 12.3 Å². The Morgan fingerprint density at radius 3 is 1.88 bits per heavy atom. The zero-order chi connectivity index (χ0) is 41.0. The molecule has 0 saturated heterocycles. The minimum absolute atomic E-state index is 0.0733. The highest BCUT2D eigenvalue weighted by molar-refractivity contribution is 6.03. The molecule has 0 spiro atoms. The van der Waals surface area contributed by atoms with Crippen LogP contribution in [0.3, 0.4) is 0 Å². The second-order valence-electron chi connectivity index (χ2n) is 18.7. The monoisotopic (exact) mass is 754 g/mol. The Hall–Kier alpha value is -5.48. The number of rotatable bonds is 8. The van der Waals surface area contributed by atoms with Gasteiger partial charge >= 0.3 is 0 Å². The molecule has 1 N–H and O–H groups in total. The summed E-state index contributed by atoms with van der Waals surface area (Å²) in [6.45, 7) is 27.0. The van der Waals surface area contributed by atoms with Crippen LogP contribution < -0.4 is 0 Å². The van der Waals surface area contributed by atoms with Gasteiger partial charge in [0.25, 0.3) is 0 Å². The van der Waals surface area contributed by atoms with E-state index in [0.717, 1.165) is 49.8 Å². The van der Waals surface area contributed by atoms with E-state index in [-0.39, 0.29) is 16.6 Å². The Labute approximate surface area is 339 Å². The van der Waals surface area contributed by atoms with Gasteiger partial charge in [-0.05, 0) is 109 Å². The van der Waals surface area contributed by atoms with E-state index in [9.17, 15) is 5.11 Å². The van der Waals surface area contributed by atoms with Crippen LogP contribution in [0.25, 0.3) is 55.6 Å². The molecule has 57 heavy (non-hydrogen) atoms. The summed E-state index contributed by atoms with van der Waals surface area (Å²) < 4.78 is 6.75. The van der Waals surface area contributed by atoms with E-state index in [4.69, 9.17) is 14.4 Å². The summed E-state index contributed by atoms with van der Waals surface area (Å²) in [5, 5.41) is 12.9. The van der Waals surface area contributed by atoms with Crippen LogP contribution in [0.5, 0.6) is 5.75 Å². The Morgan fingerprint density at radius 2 is 1.26 bits per heavy atom. The summed E-state index contributed by atoms with van der Waals surface area (Å²) in [4.78, 5) is 10.3. The van der Waals surface area contributed by atoms with Crippen LogP contribution in [-0.2, 0) is 10.8 Å². The summed E-state index contributed by atoms with van der Waals surface area (Å²) >= 11 is 0. The van der Waals surface area contributed by atoms with Gasteiger partial charge in [0.05, 0.1) is 11.3 Å². The molecular formula is C53H58N2O2. The fraction of sp³-hybridized carbons (Fsp3) is 0.321. The van der Waals surface area contributed by atoms with Gasteiger partial charge in [0.2, 0.25) is 5.89 Å². The van der Waals surface area contributed by atoms with E-state index in [0.29, 0.717) is 29.2 Å². The van der Waals surface area contributed by atoms with Gasteiger partial charge in [-0.3, -0.25) is 4.99 Å². The molecule has 0 atom stereocenters. The van der Waals surface area contributed by atoms with E-state index in [2.05, 4.69) is 150 Å². The average Bonchev–Trinajstić information content (AvgIpc) is 3.60. The minimum atomic E-state index is -0.117. The molecular weight excluding hydrogens is 697 g/mol. The lowest BCUT2D eigenvalue weighted by atomic mass is 9.81. The summed E-state index contributed by atoms with van der Waals surface area (Å²) in [6, 6.07) is 36.5. The minimum Gasteiger partial charge on any atom is -0.507 e. The van der Waals surface area contributed by atoms with Gasteiger partial charge in [0.1, 0.15) is 11.3 Å². The standard InChI is InChI=1S/C53H58N2O2/c1-31(2)37-26-43(32(3)4)48(44(27-37)33(5)6)36-19-17-35(18-20-36)45-28-40(53(10,11)12)29-47-50(45)55-51(57-47)42-23-21-34-15-13-14-16-41(34)49(42)54-30-38-25-39(52(7,8)9)22-24-46(38)56/h13-33,56H,1-12H3. The fourth-order valence-corrected chi connectivity index (χ4v) is 7.73. The van der Waals surface area contributed by atoms with Crippen molar-refractivity contribution >= 4 is 33.8 Å². The number of hydrogen-bond donors (Lipinski definition) is 1. The number of aromatic nitrogens is 1. The van der Waals surface area contributed by atoms with Crippen LogP contribution in [0.1, 0.15) is 134 Å². The zero-order valence-corrected chi connectivity index (χ0v) is 35.9. The fourth-order valence-electron chi connectivity index (χ4n) is 7.73. The Kier molecular flexibility index (Phi) is 10.5. The normalized spacial score (nSPS) is 12.7. The number of phenols is 1. The topological polar surface area (TPSA) is 58.6 Å². The van der Waals surface area contributed by atoms with Gasteiger partial charge in [0, 0.05) is 22.7 Å². The first-order chi connectivity index (χ1) is 26.9. The Bertz CT molecular complexity index is 2590. The molecule has 0 aliphatic rings. The van der Waals surface area contributed by atoms with E-state index in [1.165, 1.54) is 33.4 Å². The van der Waals surface area contributed by atoms with Crippen molar-refractivity contribution in [2.24, 2.45) is 4.99 Å². The number of aromatic hydroxyl groups is 1. The predicted molar refractivity (Wildman–Crippen MR) is 243 cm³/mol. The van der Waals surface area contributed by atoms with Crippen molar-refractivity contribution in [3.63, 3.8) is 0 Å². The highest BCUT2D eigenvalue weighted by Crippen LogP contribution is 2.43. The number of hydrogen-bond acceptors (Lipinski definition) is 4. The first-order valence-electron chi connectivity index (χ1n) is 20.5. The molecule has 0 fully saturated rings. The molecule has 0 radical (unpaired) electrons. The first kappa shape index (κ1) is 39.7. The highest BCUT2D eigenvalue weighted by Gasteiger charge is 2.24. The second-order valence-corrected chi connectivity index (χ2v) is 18.7. The lowest BCUT2D eigenvalue weighted by Crippen LogP contribution is -2.11. The van der Waals surface area contributed by atoms with Crippen LogP contribution in [-0.4, -0.2) is 16.3 Å². The molecule has 0 saturated carbocycles. The number of oxazole rings is 1. The number of fused-ring (bicyclic) bond motifs is 2. The van der Waals surface area contributed by atoms with Crippen molar-refractivity contribution < 1.29 is 9.52 Å². The van der Waals surface area contributed by atoms with E-state index < -0.39 is 0 Å². The van der Waals surface area contributed by atoms with Crippen molar-refractivity contribution in [1.29, 1.82) is 0 Å². The van der Waals surface area contributed by atoms with Crippen molar-refractivity contribution in [3.05, 3.63) is 137 Å². The van der Waals surface area contributed by atoms with Gasteiger partial charge in [-0.2, -0.15) is 0 Å². The molecule has 0 aliphatic heterocycles. The van der Waals surface area contributed by atoms with Gasteiger partial charge < -0.3 is 9.52 Å². The molecule has 1 heterocycles. The van der Waals surface area contributed by atoms with Gasteiger partial charge in [-0.15, -0.1) is 0 Å². The zero-order valence-electron chi connectivity index (χ0n) is 35.9. The molecule has 292 valence electrons. The number of phenolic OH excluding ortho intramolecular Hbond substituents is 1. The highest BCUT2D eigenvalue weighted by atomic mass is 16.3. The molecule has 4 nitrogen and oxygen atoms in total. The van der Waals surface area contributed by atoms with Gasteiger partial charge in [-0.25, -0.2) is 4.98 Å². The Morgan fingerprint density at radius 1 is 0.632 bits per heavy atom. The molecule has 0 aliphatic carbocycles. The average molecular weight is 755 g/mol. The van der Waals surface area contributed by atoms with Crippen LogP contribution in [0.4, 0.5) is 5.69 Å². The van der Waals surface area contributed by atoms with Crippen molar-refractivity contribution in [1.82, 2.24) is 4.98 Å². The van der Waals surface area contributed by atoms with Crippen molar-refractivity contribution in [2.75, 3.05) is 0 Å². The summed E-state index contributed by atoms with van der Waals surface area (Å²) in [6.07, 6.45) is 1.76. The van der Waals surface area contributed by atoms with Gasteiger partial charge in [0.15, 0.2) is 5.58 Å². The summed E-state index contributed by atoms with van der Waals surface area (Å²) in [7, 11) is 0. The third kappa shape index (κ3) is 7.92. The molecule has 6 aromatic carbocycles. The van der Waals surface area contributed by atoms with Crippen LogP contribution in [0.2, 0.25) is 0 Å². The van der Waals surface area contributed by atoms with Crippen molar-refractivity contribution in [3.8, 4) is 39.5 Å². The molecule has 7 aromatic rings. The maximum Gasteiger partial charge on any atom is 0.229 e. The molecule has 1 aromatic heterocycles. The first-order valence-corrected chi connectivity index (χ1v) is 20.5. The van der Waals surface area contributed by atoms with Crippen LogP contribution in [0, 0.1) is 0 Å². The van der Waals surface area contributed by atoms with Crippen molar-refractivity contribution in [2.45, 2.75) is 112 Å². The molecule has 7 rings (SSSR count). The Balaban J connectivity index is 1.39. The number of nitrogens with zero attached hydrogens (tertiary/aromatic N) is 2. The lowest BCUT2D eigenvalue weighted by molar-refractivity contribution is 0.473. The molecule has 0 bridgehead atoms. The third-order valence-corrected chi connectivity index (χ3v) is 11.3. The molecule has 0 amide bonds. The summed E-state index contributed by atoms with van der Waals surface area (Å²) in [5.74, 6) is 1.96.